The monoisotopic (exact) mass is 499 g/mol. The van der Waals surface area contributed by atoms with E-state index >= 15 is 0 Å². The van der Waals surface area contributed by atoms with Gasteiger partial charge < -0.3 is 10.2 Å². The molecule has 1 saturated heterocycles. The number of sulfonamides is 1. The third kappa shape index (κ3) is 6.27. The summed E-state index contributed by atoms with van der Waals surface area (Å²) in [7, 11) is -6.99. The third-order valence-electron chi connectivity index (χ3n) is 6.71. The van der Waals surface area contributed by atoms with Crippen LogP contribution in [0.15, 0.2) is 23.1 Å². The van der Waals surface area contributed by atoms with Crippen LogP contribution in [-0.2, 0) is 24.7 Å². The van der Waals surface area contributed by atoms with E-state index in [0.29, 0.717) is 31.6 Å². The Hall–Kier alpha value is -1.65. The van der Waals surface area contributed by atoms with Crippen LogP contribution in [0.2, 0.25) is 0 Å². The lowest BCUT2D eigenvalue weighted by atomic mass is 10.1. The first-order valence-electron chi connectivity index (χ1n) is 12.1. The topological polar surface area (TPSA) is 104 Å². The average molecular weight is 500 g/mol. The molecule has 186 valence electrons. The number of hydrogen-bond acceptors (Lipinski definition) is 6. The third-order valence-corrected chi connectivity index (χ3v) is 11.0. The fourth-order valence-electron chi connectivity index (χ4n) is 4.76. The van der Waals surface area contributed by atoms with Crippen LogP contribution in [0.5, 0.6) is 0 Å². The molecule has 1 N–H and O–H groups in total. The SMILES string of the molecule is CCN(CC)S(=O)(=O)c1ccc(N2CCCCC2)c(NC(=O)CCS(=O)(=O)C2CCCC2)c1. The number of hydrogen-bond donors (Lipinski definition) is 1. The Morgan fingerprint density at radius 1 is 1.00 bits per heavy atom. The van der Waals surface area contributed by atoms with Gasteiger partial charge in [-0.15, -0.1) is 0 Å². The molecule has 0 radical (unpaired) electrons. The Kier molecular flexibility index (Phi) is 8.80. The van der Waals surface area contributed by atoms with E-state index in [1.807, 2.05) is 0 Å². The number of sulfone groups is 1. The Morgan fingerprint density at radius 2 is 1.64 bits per heavy atom. The molecule has 0 atom stereocenters. The maximum Gasteiger partial charge on any atom is 0.243 e. The zero-order chi connectivity index (χ0) is 24.1. The first-order chi connectivity index (χ1) is 15.7. The minimum atomic E-state index is -3.69. The van der Waals surface area contributed by atoms with Gasteiger partial charge in [-0.1, -0.05) is 26.7 Å². The van der Waals surface area contributed by atoms with Crippen molar-refractivity contribution in [2.24, 2.45) is 0 Å². The van der Waals surface area contributed by atoms with Gasteiger partial charge >= 0.3 is 0 Å². The van der Waals surface area contributed by atoms with E-state index in [0.717, 1.165) is 50.9 Å². The fourth-order valence-corrected chi connectivity index (χ4v) is 8.10. The molecule has 2 fully saturated rings. The van der Waals surface area contributed by atoms with Crippen LogP contribution in [0.1, 0.15) is 65.2 Å². The average Bonchev–Trinajstić information content (AvgIpc) is 3.35. The van der Waals surface area contributed by atoms with Crippen molar-refractivity contribution in [2.75, 3.05) is 42.1 Å². The summed E-state index contributed by atoms with van der Waals surface area (Å²) in [6.07, 6.45) is 6.27. The number of amides is 1. The van der Waals surface area contributed by atoms with Gasteiger partial charge in [0.1, 0.15) is 0 Å². The summed E-state index contributed by atoms with van der Waals surface area (Å²) >= 11 is 0. The summed E-state index contributed by atoms with van der Waals surface area (Å²) in [5.41, 5.74) is 1.20. The number of rotatable bonds is 10. The maximum atomic E-state index is 13.0. The molecule has 3 rings (SSSR count). The number of carbonyl (C=O) groups excluding carboxylic acids is 1. The number of carbonyl (C=O) groups is 1. The second-order valence-corrected chi connectivity index (χ2v) is 13.2. The minimum absolute atomic E-state index is 0.126. The van der Waals surface area contributed by atoms with Crippen molar-refractivity contribution < 1.29 is 21.6 Å². The second-order valence-electron chi connectivity index (χ2n) is 8.89. The summed E-state index contributed by atoms with van der Waals surface area (Å²) in [6, 6.07) is 4.87. The van der Waals surface area contributed by atoms with Crippen molar-refractivity contribution in [2.45, 2.75) is 75.4 Å². The number of anilines is 2. The predicted octanol–water partition coefficient (Wildman–Crippen LogP) is 3.39. The summed E-state index contributed by atoms with van der Waals surface area (Å²) in [5, 5.41) is 2.49. The van der Waals surface area contributed by atoms with Crippen LogP contribution < -0.4 is 10.2 Å². The van der Waals surface area contributed by atoms with Gasteiger partial charge in [0, 0.05) is 32.6 Å². The zero-order valence-corrected chi connectivity index (χ0v) is 21.4. The van der Waals surface area contributed by atoms with Crippen molar-refractivity contribution in [3.8, 4) is 0 Å². The van der Waals surface area contributed by atoms with E-state index in [2.05, 4.69) is 10.2 Å². The molecular formula is C23H37N3O5S2. The van der Waals surface area contributed by atoms with Gasteiger partial charge in [-0.05, 0) is 50.3 Å². The Morgan fingerprint density at radius 3 is 2.24 bits per heavy atom. The number of benzene rings is 1. The lowest BCUT2D eigenvalue weighted by Crippen LogP contribution is -2.32. The smallest absolute Gasteiger partial charge is 0.243 e. The summed E-state index contributed by atoms with van der Waals surface area (Å²) < 4.78 is 52.6. The molecular weight excluding hydrogens is 462 g/mol. The molecule has 33 heavy (non-hydrogen) atoms. The van der Waals surface area contributed by atoms with Gasteiger partial charge in [-0.2, -0.15) is 4.31 Å². The highest BCUT2D eigenvalue weighted by Gasteiger charge is 2.29. The van der Waals surface area contributed by atoms with E-state index in [-0.39, 0.29) is 22.3 Å². The molecule has 1 saturated carbocycles. The summed E-state index contributed by atoms with van der Waals surface area (Å²) in [6.45, 7) is 5.95. The van der Waals surface area contributed by atoms with Crippen LogP contribution in [-0.4, -0.2) is 64.2 Å². The molecule has 1 aliphatic carbocycles. The van der Waals surface area contributed by atoms with E-state index in [1.54, 1.807) is 26.0 Å². The van der Waals surface area contributed by atoms with Gasteiger partial charge in [-0.3, -0.25) is 4.79 Å². The van der Waals surface area contributed by atoms with Crippen molar-refractivity contribution in [3.63, 3.8) is 0 Å². The van der Waals surface area contributed by atoms with Crippen molar-refractivity contribution in [3.05, 3.63) is 18.2 Å². The predicted molar refractivity (Wildman–Crippen MR) is 132 cm³/mol. The molecule has 1 aromatic carbocycles. The molecule has 1 aliphatic heterocycles. The Balaban J connectivity index is 1.83. The molecule has 1 heterocycles. The number of nitrogens with zero attached hydrogens (tertiary/aromatic N) is 2. The molecule has 1 aromatic rings. The van der Waals surface area contributed by atoms with E-state index in [4.69, 9.17) is 0 Å². The molecule has 0 aromatic heterocycles. The molecule has 8 nitrogen and oxygen atoms in total. The minimum Gasteiger partial charge on any atom is -0.370 e. The molecule has 0 bridgehead atoms. The van der Waals surface area contributed by atoms with Crippen molar-refractivity contribution in [1.82, 2.24) is 4.31 Å². The Labute approximate surface area is 198 Å². The lowest BCUT2D eigenvalue weighted by Gasteiger charge is -2.31. The standard InChI is InChI=1S/C23H37N3O5S2/c1-3-26(4-2)33(30,31)20-12-13-22(25-15-8-5-9-16-25)21(18-20)24-23(27)14-17-32(28,29)19-10-6-7-11-19/h12-13,18-19H,3-11,14-17H2,1-2H3,(H,24,27). The van der Waals surface area contributed by atoms with Crippen molar-refractivity contribution >= 4 is 37.1 Å². The van der Waals surface area contributed by atoms with Crippen LogP contribution in [0.25, 0.3) is 0 Å². The largest absolute Gasteiger partial charge is 0.370 e. The lowest BCUT2D eigenvalue weighted by molar-refractivity contribution is -0.115. The number of piperidine rings is 1. The normalized spacial score (nSPS) is 18.1. The Bertz CT molecular complexity index is 1020. The second kappa shape index (κ2) is 11.2. The van der Waals surface area contributed by atoms with E-state index in [9.17, 15) is 21.6 Å². The van der Waals surface area contributed by atoms with Crippen LogP contribution in [0, 0.1) is 0 Å². The van der Waals surface area contributed by atoms with Crippen LogP contribution >= 0.6 is 0 Å². The highest BCUT2D eigenvalue weighted by molar-refractivity contribution is 7.92. The van der Waals surface area contributed by atoms with Crippen LogP contribution in [0.4, 0.5) is 11.4 Å². The van der Waals surface area contributed by atoms with Gasteiger partial charge in [0.25, 0.3) is 0 Å². The first-order valence-corrected chi connectivity index (χ1v) is 15.2. The van der Waals surface area contributed by atoms with Crippen molar-refractivity contribution in [1.29, 1.82) is 0 Å². The zero-order valence-electron chi connectivity index (χ0n) is 19.8. The summed E-state index contributed by atoms with van der Waals surface area (Å²) in [5.74, 6) is -0.591. The number of nitrogens with one attached hydrogen (secondary N) is 1. The van der Waals surface area contributed by atoms with Gasteiger partial charge in [0.2, 0.25) is 15.9 Å². The van der Waals surface area contributed by atoms with Gasteiger partial charge in [-0.25, -0.2) is 16.8 Å². The molecule has 1 amide bonds. The van der Waals surface area contributed by atoms with E-state index < -0.39 is 25.8 Å². The van der Waals surface area contributed by atoms with Crippen LogP contribution in [0.3, 0.4) is 0 Å². The highest BCUT2D eigenvalue weighted by Crippen LogP contribution is 2.32. The fraction of sp³-hybridized carbons (Fsp3) is 0.696. The first kappa shape index (κ1) is 26.0. The molecule has 0 unspecified atom stereocenters. The molecule has 0 spiro atoms. The van der Waals surface area contributed by atoms with Gasteiger partial charge in [0.05, 0.1) is 27.3 Å². The maximum absolute atomic E-state index is 13.0. The highest BCUT2D eigenvalue weighted by atomic mass is 32.2. The van der Waals surface area contributed by atoms with Gasteiger partial charge in [0.15, 0.2) is 9.84 Å². The quantitative estimate of drug-likeness (QED) is 0.529. The van der Waals surface area contributed by atoms with E-state index in [1.165, 1.54) is 10.4 Å². The molecule has 10 heteroatoms. The molecule has 2 aliphatic rings. The summed E-state index contributed by atoms with van der Waals surface area (Å²) in [4.78, 5) is 15.0.